The average Bonchev–Trinajstić information content (AvgIpc) is 3.14. The highest BCUT2D eigenvalue weighted by Gasteiger charge is 2.33. The Kier molecular flexibility index (Phi) is 5.04. The molecule has 1 aliphatic carbocycles. The summed E-state index contributed by atoms with van der Waals surface area (Å²) in [4.78, 5) is 14.6. The molecule has 0 aromatic carbocycles. The average molecular weight is 252 g/mol. The first-order chi connectivity index (χ1) is 8.66. The van der Waals surface area contributed by atoms with Gasteiger partial charge in [0.25, 0.3) is 0 Å². The van der Waals surface area contributed by atoms with Gasteiger partial charge in [-0.05, 0) is 57.0 Å². The highest BCUT2D eigenvalue weighted by molar-refractivity contribution is 5.77. The molecule has 1 aliphatic heterocycles. The van der Waals surface area contributed by atoms with E-state index >= 15 is 0 Å². The van der Waals surface area contributed by atoms with Gasteiger partial charge in [0.1, 0.15) is 0 Å². The Balaban J connectivity index is 1.79. The van der Waals surface area contributed by atoms with Crippen molar-refractivity contribution in [3.05, 3.63) is 0 Å². The van der Waals surface area contributed by atoms with Gasteiger partial charge in [0.05, 0.1) is 0 Å². The molecule has 2 fully saturated rings. The van der Waals surface area contributed by atoms with Crippen LogP contribution in [-0.4, -0.2) is 36.5 Å². The lowest BCUT2D eigenvalue weighted by Gasteiger charge is -2.27. The number of piperidine rings is 1. The Morgan fingerprint density at radius 3 is 2.44 bits per heavy atom. The van der Waals surface area contributed by atoms with Gasteiger partial charge >= 0.3 is 0 Å². The van der Waals surface area contributed by atoms with Crippen molar-refractivity contribution in [1.82, 2.24) is 10.2 Å². The first kappa shape index (κ1) is 13.9. The normalized spacial score (nSPS) is 21.3. The molecule has 0 aromatic rings. The minimum Gasteiger partial charge on any atom is -0.340 e. The largest absolute Gasteiger partial charge is 0.340 e. The maximum absolute atomic E-state index is 12.4. The number of hydrogen-bond donors (Lipinski definition) is 1. The molecule has 0 aromatic heterocycles. The van der Waals surface area contributed by atoms with Crippen LogP contribution in [0, 0.1) is 11.8 Å². The van der Waals surface area contributed by atoms with Gasteiger partial charge in [-0.15, -0.1) is 0 Å². The summed E-state index contributed by atoms with van der Waals surface area (Å²) in [5.41, 5.74) is 0. The van der Waals surface area contributed by atoms with Crippen molar-refractivity contribution in [1.29, 1.82) is 0 Å². The van der Waals surface area contributed by atoms with Crippen LogP contribution >= 0.6 is 0 Å². The summed E-state index contributed by atoms with van der Waals surface area (Å²) in [5.74, 6) is 1.74. The summed E-state index contributed by atoms with van der Waals surface area (Å²) in [6, 6.07) is 0.581. The third kappa shape index (κ3) is 4.27. The van der Waals surface area contributed by atoms with E-state index in [4.69, 9.17) is 0 Å². The van der Waals surface area contributed by atoms with Crippen LogP contribution in [0.2, 0.25) is 0 Å². The number of carbonyl (C=O) groups is 1. The van der Waals surface area contributed by atoms with Crippen LogP contribution in [0.3, 0.4) is 0 Å². The molecule has 2 aliphatic rings. The molecule has 3 nitrogen and oxygen atoms in total. The van der Waals surface area contributed by atoms with Crippen molar-refractivity contribution in [3.63, 3.8) is 0 Å². The first-order valence-corrected chi connectivity index (χ1v) is 7.67. The maximum Gasteiger partial charge on any atom is 0.223 e. The zero-order valence-electron chi connectivity index (χ0n) is 12.0. The topological polar surface area (TPSA) is 32.3 Å². The van der Waals surface area contributed by atoms with E-state index in [0.717, 1.165) is 32.5 Å². The summed E-state index contributed by atoms with van der Waals surface area (Å²) in [7, 11) is 0. The van der Waals surface area contributed by atoms with Crippen LogP contribution in [-0.2, 0) is 4.79 Å². The molecule has 0 radical (unpaired) electrons. The van der Waals surface area contributed by atoms with E-state index < -0.39 is 0 Å². The van der Waals surface area contributed by atoms with Gasteiger partial charge in [-0.3, -0.25) is 4.79 Å². The third-order valence-electron chi connectivity index (χ3n) is 4.18. The number of nitrogens with one attached hydrogen (secondary N) is 1. The lowest BCUT2D eigenvalue weighted by molar-refractivity contribution is -0.133. The predicted molar refractivity (Wildman–Crippen MR) is 74.4 cm³/mol. The van der Waals surface area contributed by atoms with Gasteiger partial charge in [0, 0.05) is 19.0 Å². The lowest BCUT2D eigenvalue weighted by atomic mass is 9.94. The molecular formula is C15H28N2O. The fourth-order valence-electron chi connectivity index (χ4n) is 2.74. The second kappa shape index (κ2) is 6.55. The van der Waals surface area contributed by atoms with Crippen molar-refractivity contribution in [3.8, 4) is 0 Å². The maximum atomic E-state index is 12.4. The molecule has 1 N–H and O–H groups in total. The van der Waals surface area contributed by atoms with Gasteiger partial charge in [0.2, 0.25) is 5.91 Å². The van der Waals surface area contributed by atoms with E-state index in [1.165, 1.54) is 25.7 Å². The highest BCUT2D eigenvalue weighted by Crippen LogP contribution is 2.29. The Morgan fingerprint density at radius 1 is 1.22 bits per heavy atom. The molecule has 0 atom stereocenters. The van der Waals surface area contributed by atoms with Gasteiger partial charge in [-0.25, -0.2) is 0 Å². The molecular weight excluding hydrogens is 224 g/mol. The summed E-state index contributed by atoms with van der Waals surface area (Å²) in [5, 5.41) is 3.37. The Morgan fingerprint density at radius 2 is 1.89 bits per heavy atom. The molecule has 0 bridgehead atoms. The van der Waals surface area contributed by atoms with Gasteiger partial charge < -0.3 is 10.2 Å². The summed E-state index contributed by atoms with van der Waals surface area (Å²) < 4.78 is 0. The van der Waals surface area contributed by atoms with E-state index in [0.29, 0.717) is 23.8 Å². The molecule has 0 unspecified atom stereocenters. The fraction of sp³-hybridized carbons (Fsp3) is 0.933. The van der Waals surface area contributed by atoms with Crippen LogP contribution in [0.25, 0.3) is 0 Å². The number of nitrogens with zero attached hydrogens (tertiary/aromatic N) is 1. The standard InChI is InChI=1S/C15H28N2O/c1-12(2)7-10-17(14-3-4-14)15(18)11-13-5-8-16-9-6-13/h12-14,16H,3-11H2,1-2H3. The van der Waals surface area contributed by atoms with E-state index in [1.807, 2.05) is 0 Å². The van der Waals surface area contributed by atoms with Gasteiger partial charge in [-0.1, -0.05) is 13.8 Å². The van der Waals surface area contributed by atoms with Crippen molar-refractivity contribution >= 4 is 5.91 Å². The third-order valence-corrected chi connectivity index (χ3v) is 4.18. The van der Waals surface area contributed by atoms with E-state index in [9.17, 15) is 4.79 Å². The van der Waals surface area contributed by atoms with E-state index in [1.54, 1.807) is 0 Å². The second-order valence-corrected chi connectivity index (χ2v) is 6.40. The van der Waals surface area contributed by atoms with Crippen LogP contribution in [0.15, 0.2) is 0 Å². The molecule has 1 saturated carbocycles. The molecule has 0 spiro atoms. The van der Waals surface area contributed by atoms with E-state index in [-0.39, 0.29) is 0 Å². The number of amides is 1. The zero-order chi connectivity index (χ0) is 13.0. The molecule has 1 saturated heterocycles. The van der Waals surface area contributed by atoms with Crippen LogP contribution < -0.4 is 5.32 Å². The van der Waals surface area contributed by atoms with Crippen LogP contribution in [0.5, 0.6) is 0 Å². The van der Waals surface area contributed by atoms with E-state index in [2.05, 4.69) is 24.1 Å². The predicted octanol–water partition coefficient (Wildman–Crippen LogP) is 2.41. The lowest BCUT2D eigenvalue weighted by Crippen LogP contribution is -2.37. The smallest absolute Gasteiger partial charge is 0.223 e. The Bertz CT molecular complexity index is 268. The van der Waals surface area contributed by atoms with Gasteiger partial charge in [0.15, 0.2) is 0 Å². The van der Waals surface area contributed by atoms with Crippen molar-refractivity contribution in [2.24, 2.45) is 11.8 Å². The van der Waals surface area contributed by atoms with Crippen LogP contribution in [0.4, 0.5) is 0 Å². The molecule has 3 heteroatoms. The minimum absolute atomic E-state index is 0.421. The first-order valence-electron chi connectivity index (χ1n) is 7.67. The molecule has 1 heterocycles. The molecule has 2 rings (SSSR count). The van der Waals surface area contributed by atoms with Gasteiger partial charge in [-0.2, -0.15) is 0 Å². The molecule has 104 valence electrons. The van der Waals surface area contributed by atoms with Crippen molar-refractivity contribution in [2.45, 2.75) is 58.4 Å². The minimum atomic E-state index is 0.421. The van der Waals surface area contributed by atoms with Crippen LogP contribution in [0.1, 0.15) is 52.4 Å². The number of hydrogen-bond acceptors (Lipinski definition) is 2. The Labute approximate surface area is 111 Å². The molecule has 1 amide bonds. The number of rotatable bonds is 6. The van der Waals surface area contributed by atoms with Crippen molar-refractivity contribution in [2.75, 3.05) is 19.6 Å². The summed E-state index contributed by atoms with van der Waals surface area (Å²) >= 11 is 0. The fourth-order valence-corrected chi connectivity index (χ4v) is 2.74. The SMILES string of the molecule is CC(C)CCN(C(=O)CC1CCNCC1)C1CC1. The molecule has 18 heavy (non-hydrogen) atoms. The highest BCUT2D eigenvalue weighted by atomic mass is 16.2. The second-order valence-electron chi connectivity index (χ2n) is 6.40. The quantitative estimate of drug-likeness (QED) is 0.787. The zero-order valence-corrected chi connectivity index (χ0v) is 12.0. The Hall–Kier alpha value is -0.570. The summed E-state index contributed by atoms with van der Waals surface area (Å²) in [6.45, 7) is 7.64. The monoisotopic (exact) mass is 252 g/mol. The summed E-state index contributed by atoms with van der Waals surface area (Å²) in [6.07, 6.45) is 6.75. The number of carbonyl (C=O) groups excluding carboxylic acids is 1. The van der Waals surface area contributed by atoms with Crippen molar-refractivity contribution < 1.29 is 4.79 Å².